The zero-order chi connectivity index (χ0) is 23.3. The number of ether oxygens (including phenoxy) is 2. The Hall–Kier alpha value is -3.43. The maximum Gasteiger partial charge on any atom is 0.417 e. The van der Waals surface area contributed by atoms with Crippen LogP contribution in [0.1, 0.15) is 21.5 Å². The summed E-state index contributed by atoms with van der Waals surface area (Å²) in [7, 11) is 0. The molecule has 0 radical (unpaired) electrons. The molecular weight excluding hydrogens is 435 g/mol. The molecule has 1 aromatic heterocycles. The lowest BCUT2D eigenvalue weighted by Crippen LogP contribution is -2.35. The molecule has 1 amide bonds. The Morgan fingerprint density at radius 3 is 2.30 bits per heavy atom. The van der Waals surface area contributed by atoms with Gasteiger partial charge in [0.05, 0.1) is 18.8 Å². The Kier molecular flexibility index (Phi) is 6.90. The fourth-order valence-corrected chi connectivity index (χ4v) is 3.32. The van der Waals surface area contributed by atoms with Crippen molar-refractivity contribution >= 4 is 11.6 Å². The van der Waals surface area contributed by atoms with Crippen LogP contribution in [-0.4, -0.2) is 42.1 Å². The molecule has 0 aliphatic carbocycles. The number of halogens is 3. The normalized spacial score (nSPS) is 14.6. The van der Waals surface area contributed by atoms with Crippen molar-refractivity contribution in [2.45, 2.75) is 12.7 Å². The van der Waals surface area contributed by atoms with Crippen molar-refractivity contribution in [1.82, 2.24) is 9.88 Å². The molecule has 172 valence electrons. The number of rotatable bonds is 6. The summed E-state index contributed by atoms with van der Waals surface area (Å²) in [5, 5.41) is 2.85. The fourth-order valence-electron chi connectivity index (χ4n) is 3.32. The van der Waals surface area contributed by atoms with Crippen LogP contribution in [0.3, 0.4) is 0 Å². The van der Waals surface area contributed by atoms with Crippen molar-refractivity contribution in [2.75, 3.05) is 31.6 Å². The van der Waals surface area contributed by atoms with Gasteiger partial charge in [-0.05, 0) is 48.0 Å². The SMILES string of the molecule is O=C(Nc1ccc(CN2CCOCC2)cc1)c1ccc(Oc2ccc(C(F)(F)F)cn2)cc1. The zero-order valence-corrected chi connectivity index (χ0v) is 17.6. The van der Waals surface area contributed by atoms with E-state index in [1.54, 1.807) is 24.3 Å². The van der Waals surface area contributed by atoms with Gasteiger partial charge in [0.15, 0.2) is 0 Å². The summed E-state index contributed by atoms with van der Waals surface area (Å²) in [6.45, 7) is 4.16. The third kappa shape index (κ3) is 6.30. The highest BCUT2D eigenvalue weighted by Gasteiger charge is 2.30. The third-order valence-corrected chi connectivity index (χ3v) is 5.12. The van der Waals surface area contributed by atoms with Crippen molar-refractivity contribution in [3.63, 3.8) is 0 Å². The van der Waals surface area contributed by atoms with Crippen molar-refractivity contribution in [2.24, 2.45) is 0 Å². The van der Waals surface area contributed by atoms with E-state index in [2.05, 4.69) is 15.2 Å². The van der Waals surface area contributed by atoms with Gasteiger partial charge in [-0.2, -0.15) is 13.2 Å². The molecule has 0 saturated carbocycles. The molecule has 3 aromatic rings. The largest absolute Gasteiger partial charge is 0.439 e. The smallest absolute Gasteiger partial charge is 0.417 e. The molecule has 4 rings (SSSR count). The van der Waals surface area contributed by atoms with E-state index >= 15 is 0 Å². The number of morpholine rings is 1. The minimum absolute atomic E-state index is 0.0253. The first kappa shape index (κ1) is 22.8. The lowest BCUT2D eigenvalue weighted by molar-refractivity contribution is -0.137. The topological polar surface area (TPSA) is 63.7 Å². The van der Waals surface area contributed by atoms with Gasteiger partial charge in [-0.3, -0.25) is 9.69 Å². The number of pyridine rings is 1. The fraction of sp³-hybridized carbons (Fsp3) is 0.250. The highest BCUT2D eigenvalue weighted by atomic mass is 19.4. The monoisotopic (exact) mass is 457 g/mol. The van der Waals surface area contributed by atoms with E-state index in [1.165, 1.54) is 0 Å². The van der Waals surface area contributed by atoms with Gasteiger partial charge in [-0.15, -0.1) is 0 Å². The van der Waals surface area contributed by atoms with E-state index in [0.717, 1.165) is 50.5 Å². The number of benzene rings is 2. The minimum atomic E-state index is -4.45. The summed E-state index contributed by atoms with van der Waals surface area (Å²) in [6, 6.07) is 16.0. The lowest BCUT2D eigenvalue weighted by Gasteiger charge is -2.26. The number of carbonyl (C=O) groups is 1. The Bertz CT molecular complexity index is 1060. The van der Waals surface area contributed by atoms with Crippen LogP contribution in [0.25, 0.3) is 0 Å². The number of nitrogens with zero attached hydrogens (tertiary/aromatic N) is 2. The van der Waals surface area contributed by atoms with Gasteiger partial charge in [-0.1, -0.05) is 12.1 Å². The van der Waals surface area contributed by atoms with Crippen molar-refractivity contribution in [1.29, 1.82) is 0 Å². The van der Waals surface area contributed by atoms with Crippen molar-refractivity contribution in [3.05, 3.63) is 83.6 Å². The minimum Gasteiger partial charge on any atom is -0.439 e. The average molecular weight is 457 g/mol. The molecule has 1 N–H and O–H groups in total. The van der Waals surface area contributed by atoms with Gasteiger partial charge < -0.3 is 14.8 Å². The molecule has 2 aromatic carbocycles. The number of anilines is 1. The highest BCUT2D eigenvalue weighted by molar-refractivity contribution is 6.04. The summed E-state index contributed by atoms with van der Waals surface area (Å²) >= 11 is 0. The molecule has 1 saturated heterocycles. The molecule has 0 bridgehead atoms. The van der Waals surface area contributed by atoms with Crippen LogP contribution in [0.5, 0.6) is 11.6 Å². The first-order valence-electron chi connectivity index (χ1n) is 10.4. The van der Waals surface area contributed by atoms with Gasteiger partial charge in [0.1, 0.15) is 5.75 Å². The van der Waals surface area contributed by atoms with Crippen LogP contribution in [0.2, 0.25) is 0 Å². The number of aromatic nitrogens is 1. The van der Waals surface area contributed by atoms with E-state index in [0.29, 0.717) is 23.2 Å². The van der Waals surface area contributed by atoms with E-state index in [1.807, 2.05) is 24.3 Å². The highest BCUT2D eigenvalue weighted by Crippen LogP contribution is 2.30. The second-order valence-electron chi connectivity index (χ2n) is 7.55. The number of hydrogen-bond donors (Lipinski definition) is 1. The molecular formula is C24H22F3N3O3. The van der Waals surface area contributed by atoms with Crippen molar-refractivity contribution < 1.29 is 27.4 Å². The second-order valence-corrected chi connectivity index (χ2v) is 7.55. The van der Waals surface area contributed by atoms with Crippen LogP contribution in [0.4, 0.5) is 18.9 Å². The molecule has 1 aliphatic heterocycles. The molecule has 2 heterocycles. The predicted molar refractivity (Wildman–Crippen MR) is 116 cm³/mol. The molecule has 0 atom stereocenters. The number of carbonyl (C=O) groups excluding carboxylic acids is 1. The second kappa shape index (κ2) is 10.0. The van der Waals surface area contributed by atoms with Gasteiger partial charge in [0.2, 0.25) is 5.88 Å². The molecule has 1 fully saturated rings. The van der Waals surface area contributed by atoms with E-state index in [-0.39, 0.29) is 11.8 Å². The number of alkyl halides is 3. The Morgan fingerprint density at radius 2 is 1.70 bits per heavy atom. The molecule has 33 heavy (non-hydrogen) atoms. The molecule has 1 aliphatic rings. The number of hydrogen-bond acceptors (Lipinski definition) is 5. The Morgan fingerprint density at radius 1 is 1.00 bits per heavy atom. The Balaban J connectivity index is 1.31. The number of amides is 1. The first-order chi connectivity index (χ1) is 15.9. The molecule has 0 unspecified atom stereocenters. The van der Waals surface area contributed by atoms with Crippen LogP contribution < -0.4 is 10.1 Å². The van der Waals surface area contributed by atoms with E-state index in [4.69, 9.17) is 9.47 Å². The quantitative estimate of drug-likeness (QED) is 0.566. The third-order valence-electron chi connectivity index (χ3n) is 5.12. The summed E-state index contributed by atoms with van der Waals surface area (Å²) in [4.78, 5) is 18.5. The van der Waals surface area contributed by atoms with Gasteiger partial charge >= 0.3 is 6.18 Å². The maximum absolute atomic E-state index is 12.6. The summed E-state index contributed by atoms with van der Waals surface area (Å²) in [5.74, 6) is 0.0961. The first-order valence-corrected chi connectivity index (χ1v) is 10.4. The number of nitrogens with one attached hydrogen (secondary N) is 1. The zero-order valence-electron chi connectivity index (χ0n) is 17.6. The van der Waals surface area contributed by atoms with E-state index < -0.39 is 11.7 Å². The van der Waals surface area contributed by atoms with Crippen LogP contribution >= 0.6 is 0 Å². The summed E-state index contributed by atoms with van der Waals surface area (Å²) < 4.78 is 48.6. The lowest BCUT2D eigenvalue weighted by atomic mass is 10.1. The van der Waals surface area contributed by atoms with E-state index in [9.17, 15) is 18.0 Å². The Labute approximate surface area is 189 Å². The van der Waals surface area contributed by atoms with Gasteiger partial charge in [-0.25, -0.2) is 4.98 Å². The predicted octanol–water partition coefficient (Wildman–Crippen LogP) is 4.98. The van der Waals surface area contributed by atoms with Gasteiger partial charge in [0, 0.05) is 43.1 Å². The van der Waals surface area contributed by atoms with Crippen molar-refractivity contribution in [3.8, 4) is 11.6 Å². The molecule has 6 nitrogen and oxygen atoms in total. The molecule has 9 heteroatoms. The van der Waals surface area contributed by atoms with Crippen LogP contribution in [0, 0.1) is 0 Å². The average Bonchev–Trinajstić information content (AvgIpc) is 2.81. The summed E-state index contributed by atoms with van der Waals surface area (Å²) in [6.07, 6.45) is -3.74. The molecule has 0 spiro atoms. The summed E-state index contributed by atoms with van der Waals surface area (Å²) in [5.41, 5.74) is 1.41. The van der Waals surface area contributed by atoms with Gasteiger partial charge in [0.25, 0.3) is 5.91 Å². The van der Waals surface area contributed by atoms with Crippen LogP contribution in [-0.2, 0) is 17.5 Å². The maximum atomic E-state index is 12.6. The van der Waals surface area contributed by atoms with Crippen LogP contribution in [0.15, 0.2) is 66.9 Å². The standard InChI is InChI=1S/C24H22F3N3O3/c25-24(26,27)19-5-10-22(28-15-19)33-21-8-3-18(4-9-21)23(31)29-20-6-1-17(2-7-20)16-30-11-13-32-14-12-30/h1-10,15H,11-14,16H2,(H,29,31).